The second-order valence-corrected chi connectivity index (χ2v) is 16.6. The van der Waals surface area contributed by atoms with Crippen LogP contribution >= 0.6 is 22.7 Å². The first-order chi connectivity index (χ1) is 28.7. The Morgan fingerprint density at radius 3 is 1.55 bits per heavy atom. The van der Waals surface area contributed by atoms with Crippen molar-refractivity contribution in [2.45, 2.75) is 37.8 Å². The average Bonchev–Trinajstić information content (AvgIpc) is 3.86. The number of anilines is 2. The van der Waals surface area contributed by atoms with Crippen molar-refractivity contribution in [2.24, 2.45) is 0 Å². The zero-order valence-electron chi connectivity index (χ0n) is 31.6. The van der Waals surface area contributed by atoms with Crippen LogP contribution < -0.4 is 24.6 Å². The fourth-order valence-electron chi connectivity index (χ4n) is 6.41. The lowest BCUT2D eigenvalue weighted by Crippen LogP contribution is -2.57. The molecular formula is C41H37F4N7O5S3. The second-order valence-electron chi connectivity index (χ2n) is 13.4. The molecule has 60 heavy (non-hydrogen) atoms. The molecule has 2 atom stereocenters. The van der Waals surface area contributed by atoms with E-state index in [0.29, 0.717) is 41.0 Å². The summed E-state index contributed by atoms with van der Waals surface area (Å²) in [6.45, 7) is 7.49. The molecule has 0 radical (unpaired) electrons. The van der Waals surface area contributed by atoms with E-state index in [0.717, 1.165) is 33.7 Å². The smallest absolute Gasteiger partial charge is 0.325 e. The predicted molar refractivity (Wildman–Crippen MR) is 225 cm³/mol. The number of halogens is 4. The van der Waals surface area contributed by atoms with Gasteiger partial charge in [-0.15, -0.1) is 35.8 Å². The number of benzene rings is 4. The molecule has 3 N–H and O–H groups in total. The van der Waals surface area contributed by atoms with Crippen LogP contribution in [0, 0.1) is 23.3 Å². The third-order valence-electron chi connectivity index (χ3n) is 9.05. The Hall–Kier alpha value is -6.02. The van der Waals surface area contributed by atoms with Crippen molar-refractivity contribution in [3.63, 3.8) is 0 Å². The summed E-state index contributed by atoms with van der Waals surface area (Å²) in [5.41, 5.74) is 4.98. The van der Waals surface area contributed by atoms with E-state index in [1.807, 2.05) is 0 Å². The van der Waals surface area contributed by atoms with Gasteiger partial charge in [0, 0.05) is 43.0 Å². The highest BCUT2D eigenvalue weighted by Gasteiger charge is 2.33. The van der Waals surface area contributed by atoms with Crippen LogP contribution in [-0.4, -0.2) is 61.4 Å². The van der Waals surface area contributed by atoms with Crippen LogP contribution in [0.3, 0.4) is 0 Å². The van der Waals surface area contributed by atoms with E-state index in [4.69, 9.17) is 0 Å². The molecule has 0 saturated carbocycles. The number of fused-ring (bicyclic) bond motifs is 2. The number of nitrogens with zero attached hydrogens (tertiary/aromatic N) is 4. The third kappa shape index (κ3) is 11.2. The van der Waals surface area contributed by atoms with Crippen LogP contribution in [0.25, 0.3) is 20.4 Å². The summed E-state index contributed by atoms with van der Waals surface area (Å²) in [4.78, 5) is 53.5. The molecule has 2 aromatic heterocycles. The van der Waals surface area contributed by atoms with E-state index < -0.39 is 76.2 Å². The van der Waals surface area contributed by atoms with Gasteiger partial charge in [-0.3, -0.25) is 9.59 Å². The van der Waals surface area contributed by atoms with Crippen molar-refractivity contribution in [1.82, 2.24) is 24.7 Å². The molecule has 2 heterocycles. The minimum absolute atomic E-state index is 0.0177. The molecule has 4 amide bonds. The van der Waals surface area contributed by atoms with Gasteiger partial charge in [0.15, 0.2) is 0 Å². The SMILES string of the molecule is C=CCCN(C(=O)[C@H](Cc1cc(F)cc(F)c1)NC(=O)NS(=O)(=O)N[C@@H](Cc1cc(F)cc(F)c1)C(=O)N(CCC=C)c1ccc2scnc2c1)c1ccc2scnc2c1. The van der Waals surface area contributed by atoms with Gasteiger partial charge < -0.3 is 15.1 Å². The number of carbonyl (C=O) groups is 3. The number of aromatic nitrogens is 2. The number of hydrogen-bond acceptors (Lipinski definition) is 9. The lowest BCUT2D eigenvalue weighted by Gasteiger charge is -2.29. The van der Waals surface area contributed by atoms with E-state index in [2.05, 4.69) is 33.2 Å². The van der Waals surface area contributed by atoms with E-state index in [9.17, 15) is 40.4 Å². The first kappa shape index (κ1) is 43.6. The minimum atomic E-state index is -5.03. The fraction of sp³-hybridized carbons (Fsp3) is 0.195. The van der Waals surface area contributed by atoms with Gasteiger partial charge in [0.1, 0.15) is 35.4 Å². The molecule has 0 spiro atoms. The van der Waals surface area contributed by atoms with Gasteiger partial charge in [-0.25, -0.2) is 37.0 Å². The number of hydrogen-bond donors (Lipinski definition) is 3. The second kappa shape index (κ2) is 19.4. The Balaban J connectivity index is 1.29. The van der Waals surface area contributed by atoms with Gasteiger partial charge >= 0.3 is 16.2 Å². The van der Waals surface area contributed by atoms with Gasteiger partial charge in [-0.2, -0.15) is 13.1 Å². The van der Waals surface area contributed by atoms with Crippen LogP contribution in [0.1, 0.15) is 24.0 Å². The topological polar surface area (TPSA) is 154 Å². The van der Waals surface area contributed by atoms with Crippen molar-refractivity contribution in [1.29, 1.82) is 0 Å². The van der Waals surface area contributed by atoms with E-state index >= 15 is 0 Å². The molecule has 0 aliphatic carbocycles. The summed E-state index contributed by atoms with van der Waals surface area (Å²) in [5, 5.41) is 2.32. The van der Waals surface area contributed by atoms with Crippen molar-refractivity contribution in [3.05, 3.63) is 144 Å². The zero-order chi connectivity index (χ0) is 43.0. The molecule has 4 aromatic carbocycles. The van der Waals surface area contributed by atoms with Crippen LogP contribution in [0.5, 0.6) is 0 Å². The van der Waals surface area contributed by atoms with E-state index in [1.54, 1.807) is 64.3 Å². The molecule has 6 rings (SSSR count). The Morgan fingerprint density at radius 1 is 0.667 bits per heavy atom. The standard InChI is InChI=1S/C41H37F4N7O5S3/c1-3-5-11-51(31-7-9-37-33(21-31)46-23-58-37)39(53)35(17-25-13-27(42)19-28(43)14-25)48-41(55)50-60(56,57)49-36(18-26-15-29(44)20-30(45)16-26)40(54)52(12-6-4-2)32-8-10-38-34(22-32)47-24-59-38/h3-4,7-10,13-16,19-24,35-36,49H,1-2,5-6,11-12,17-18H2,(H2,48,50,55)/t35-,36-/m0/s1. The lowest BCUT2D eigenvalue weighted by molar-refractivity contribution is -0.121. The van der Waals surface area contributed by atoms with Crippen LogP contribution in [-0.2, 0) is 32.6 Å². The lowest BCUT2D eigenvalue weighted by atomic mass is 10.0. The molecule has 0 saturated heterocycles. The molecule has 12 nitrogen and oxygen atoms in total. The first-order valence-electron chi connectivity index (χ1n) is 18.2. The minimum Gasteiger partial charge on any atom is -0.325 e. The van der Waals surface area contributed by atoms with E-state index in [-0.39, 0.29) is 30.6 Å². The van der Waals surface area contributed by atoms with Gasteiger partial charge in [0.25, 0.3) is 0 Å². The van der Waals surface area contributed by atoms with E-state index in [1.165, 1.54) is 32.5 Å². The van der Waals surface area contributed by atoms with Crippen molar-refractivity contribution in [2.75, 3.05) is 22.9 Å². The maximum atomic E-state index is 14.4. The molecule has 6 aromatic rings. The Kier molecular flexibility index (Phi) is 14.1. The monoisotopic (exact) mass is 879 g/mol. The zero-order valence-corrected chi connectivity index (χ0v) is 34.1. The Bertz CT molecular complexity index is 2640. The number of nitrogens with one attached hydrogen (secondary N) is 3. The summed E-state index contributed by atoms with van der Waals surface area (Å²) < 4.78 is 90.4. The van der Waals surface area contributed by atoms with Gasteiger partial charge in [0.05, 0.1) is 31.5 Å². The number of amides is 4. The summed E-state index contributed by atoms with van der Waals surface area (Å²) in [6, 6.07) is 10.3. The molecule has 0 bridgehead atoms. The van der Waals surface area contributed by atoms with Gasteiger partial charge in [-0.05, 0) is 91.1 Å². The average molecular weight is 880 g/mol. The van der Waals surface area contributed by atoms with Crippen molar-refractivity contribution >= 4 is 82.5 Å². The molecule has 312 valence electrons. The number of thiazole rings is 2. The molecule has 19 heteroatoms. The summed E-state index contributed by atoms with van der Waals surface area (Å²) in [5.74, 6) is -5.47. The predicted octanol–water partition coefficient (Wildman–Crippen LogP) is 7.34. The molecule has 0 fully saturated rings. The van der Waals surface area contributed by atoms with Crippen LogP contribution in [0.4, 0.5) is 33.7 Å². The summed E-state index contributed by atoms with van der Waals surface area (Å²) in [7, 11) is -5.03. The maximum absolute atomic E-state index is 14.4. The van der Waals surface area contributed by atoms with Gasteiger partial charge in [0.2, 0.25) is 11.8 Å². The van der Waals surface area contributed by atoms with Gasteiger partial charge in [-0.1, -0.05) is 12.2 Å². The normalized spacial score (nSPS) is 12.5. The van der Waals surface area contributed by atoms with Crippen LogP contribution in [0.15, 0.2) is 109 Å². The fourth-order valence-corrected chi connectivity index (χ4v) is 8.65. The summed E-state index contributed by atoms with van der Waals surface area (Å²) in [6.07, 6.45) is 2.61. The molecule has 0 aliphatic heterocycles. The summed E-state index contributed by atoms with van der Waals surface area (Å²) >= 11 is 2.74. The third-order valence-corrected chi connectivity index (χ3v) is 11.7. The Morgan fingerprint density at radius 2 is 1.10 bits per heavy atom. The highest BCUT2D eigenvalue weighted by molar-refractivity contribution is 7.88. The first-order valence-corrected chi connectivity index (χ1v) is 21.5. The highest BCUT2D eigenvalue weighted by atomic mass is 32.2. The quantitative estimate of drug-likeness (QED) is 0.0604. The maximum Gasteiger partial charge on any atom is 0.330 e. The largest absolute Gasteiger partial charge is 0.330 e. The number of carbonyl (C=O) groups excluding carboxylic acids is 3. The van der Waals surface area contributed by atoms with Crippen molar-refractivity contribution < 1.29 is 40.4 Å². The highest BCUT2D eigenvalue weighted by Crippen LogP contribution is 2.27. The Labute approximate surface area is 350 Å². The molecular weight excluding hydrogens is 843 g/mol. The number of rotatable bonds is 18. The molecule has 0 unspecified atom stereocenters. The number of urea groups is 1. The molecule has 0 aliphatic rings. The van der Waals surface area contributed by atoms with Crippen LogP contribution in [0.2, 0.25) is 0 Å². The van der Waals surface area contributed by atoms with Crippen molar-refractivity contribution in [3.8, 4) is 0 Å².